The highest BCUT2D eigenvalue weighted by molar-refractivity contribution is 6.07. The number of fused-ring (bicyclic) bond motifs is 5. The van der Waals surface area contributed by atoms with Crippen LogP contribution in [0.3, 0.4) is 0 Å². The lowest BCUT2D eigenvalue weighted by Gasteiger charge is -2.62. The Kier molecular flexibility index (Phi) is 4.75. The van der Waals surface area contributed by atoms with E-state index in [2.05, 4.69) is 31.4 Å². The molecule has 0 aromatic heterocycles. The number of benzene rings is 1. The fourth-order valence-electron chi connectivity index (χ4n) is 8.09. The van der Waals surface area contributed by atoms with E-state index in [9.17, 15) is 9.59 Å². The Bertz CT molecular complexity index is 839. The van der Waals surface area contributed by atoms with Gasteiger partial charge in [-0.3, -0.25) is 9.59 Å². The second-order valence-corrected chi connectivity index (χ2v) is 11.3. The van der Waals surface area contributed by atoms with Crippen LogP contribution in [0.2, 0.25) is 0 Å². The zero-order chi connectivity index (χ0) is 21.1. The van der Waals surface area contributed by atoms with Crippen LogP contribution in [0.15, 0.2) is 30.3 Å². The van der Waals surface area contributed by atoms with Crippen LogP contribution < -0.4 is 10.6 Å². The van der Waals surface area contributed by atoms with Gasteiger partial charge in [-0.2, -0.15) is 0 Å². The zero-order valence-corrected chi connectivity index (χ0v) is 18.6. The molecular formula is C26H36N2O2. The van der Waals surface area contributed by atoms with Gasteiger partial charge in [0.1, 0.15) is 5.92 Å². The normalized spacial score (nSPS) is 45.0. The third-order valence-corrected chi connectivity index (χ3v) is 9.66. The zero-order valence-electron chi connectivity index (χ0n) is 18.6. The molecule has 4 fully saturated rings. The average molecular weight is 409 g/mol. The highest BCUT2D eigenvalue weighted by Crippen LogP contribution is 2.65. The first-order valence-corrected chi connectivity index (χ1v) is 12.0. The minimum Gasteiger partial charge on any atom is -0.352 e. The second kappa shape index (κ2) is 7.10. The Labute approximate surface area is 180 Å². The van der Waals surface area contributed by atoms with Crippen LogP contribution in [0.4, 0.5) is 5.69 Å². The molecule has 162 valence electrons. The highest BCUT2D eigenvalue weighted by Gasteiger charge is 2.61. The summed E-state index contributed by atoms with van der Waals surface area (Å²) < 4.78 is 0. The maximum atomic E-state index is 13.1. The maximum Gasteiger partial charge on any atom is 0.236 e. The van der Waals surface area contributed by atoms with Crippen LogP contribution in [0, 0.1) is 40.4 Å². The molecule has 3 saturated carbocycles. The number of nitrogens with one attached hydrogen (secondary N) is 2. The topological polar surface area (TPSA) is 58.2 Å². The molecule has 1 heterocycles. The van der Waals surface area contributed by atoms with Crippen LogP contribution >= 0.6 is 0 Å². The van der Waals surface area contributed by atoms with E-state index < -0.39 is 5.92 Å². The van der Waals surface area contributed by atoms with E-state index in [0.717, 1.165) is 23.9 Å². The second-order valence-electron chi connectivity index (χ2n) is 11.3. The molecule has 1 aromatic rings. The van der Waals surface area contributed by atoms with Crippen LogP contribution in [0.25, 0.3) is 0 Å². The smallest absolute Gasteiger partial charge is 0.236 e. The van der Waals surface area contributed by atoms with Crippen LogP contribution in [-0.4, -0.2) is 17.9 Å². The molecule has 5 rings (SSSR count). The summed E-state index contributed by atoms with van der Waals surface area (Å²) in [6.07, 6.45) is 8.42. The summed E-state index contributed by atoms with van der Waals surface area (Å²) in [6.45, 7) is 7.32. The molecule has 3 unspecified atom stereocenters. The Morgan fingerprint density at radius 3 is 2.63 bits per heavy atom. The van der Waals surface area contributed by atoms with Crippen molar-refractivity contribution < 1.29 is 9.59 Å². The predicted molar refractivity (Wildman–Crippen MR) is 119 cm³/mol. The lowest BCUT2D eigenvalue weighted by Crippen LogP contribution is -2.65. The number of hydrogen-bond donors (Lipinski definition) is 2. The Hall–Kier alpha value is -1.84. The molecule has 1 aromatic carbocycles. The largest absolute Gasteiger partial charge is 0.352 e. The van der Waals surface area contributed by atoms with Crippen LogP contribution in [0.5, 0.6) is 0 Å². The van der Waals surface area contributed by atoms with Gasteiger partial charge in [0, 0.05) is 11.7 Å². The summed E-state index contributed by atoms with van der Waals surface area (Å²) in [5, 5.41) is 6.29. The fraction of sp³-hybridized carbons (Fsp3) is 0.692. The molecule has 2 amide bonds. The van der Waals surface area contributed by atoms with E-state index in [0.29, 0.717) is 23.7 Å². The average Bonchev–Trinajstić information content (AvgIpc) is 3.11. The third kappa shape index (κ3) is 3.01. The van der Waals surface area contributed by atoms with Gasteiger partial charge < -0.3 is 10.6 Å². The van der Waals surface area contributed by atoms with Crippen molar-refractivity contribution in [1.29, 1.82) is 0 Å². The highest BCUT2D eigenvalue weighted by atomic mass is 16.2. The predicted octanol–water partition coefficient (Wildman–Crippen LogP) is 5.01. The van der Waals surface area contributed by atoms with Crippen molar-refractivity contribution >= 4 is 17.5 Å². The van der Waals surface area contributed by atoms with Gasteiger partial charge in [0.2, 0.25) is 11.8 Å². The molecule has 0 spiro atoms. The van der Waals surface area contributed by atoms with Crippen molar-refractivity contribution in [1.82, 2.24) is 5.32 Å². The number of carbonyl (C=O) groups excluding carboxylic acids is 2. The summed E-state index contributed by atoms with van der Waals surface area (Å²) in [5.74, 6) is 1.96. The number of hydrogen-bond acceptors (Lipinski definition) is 2. The number of amides is 2. The molecule has 8 atom stereocenters. The molecule has 30 heavy (non-hydrogen) atoms. The summed E-state index contributed by atoms with van der Waals surface area (Å²) in [4.78, 5) is 26.0. The molecule has 1 aliphatic heterocycles. The SMILES string of the molecule is CC1CC2NC(=O)C(C(=O)Nc3ccccc3)C[C@]2(C)[C@@H]2CC[C@]3(C)CCC[C@H]3[C@H]12. The first kappa shape index (κ1) is 20.1. The van der Waals surface area contributed by atoms with Crippen molar-refractivity contribution in [3.63, 3.8) is 0 Å². The summed E-state index contributed by atoms with van der Waals surface area (Å²) in [6, 6.07) is 9.70. The lowest BCUT2D eigenvalue weighted by molar-refractivity contribution is -0.153. The van der Waals surface area contributed by atoms with Crippen molar-refractivity contribution in [3.8, 4) is 0 Å². The minimum atomic E-state index is -0.600. The molecule has 3 aliphatic carbocycles. The minimum absolute atomic E-state index is 0.00764. The Morgan fingerprint density at radius 1 is 1.10 bits per heavy atom. The standard InChI is InChI=1S/C26H36N2O2/c1-16-14-21-26(3,20-11-13-25(2)12-7-10-19(25)22(16)20)15-18(24(30)28-21)23(29)27-17-8-5-4-6-9-17/h4-6,8-9,16,18-22H,7,10-15H2,1-3H3,(H,27,29)(H,28,30)/t16?,18?,19-,20+,21?,22-,25-,26+/m0/s1. The first-order chi connectivity index (χ1) is 14.3. The number of piperidine rings is 1. The molecule has 0 bridgehead atoms. The fourth-order valence-corrected chi connectivity index (χ4v) is 8.09. The van der Waals surface area contributed by atoms with Gasteiger partial charge in [-0.05, 0) is 85.2 Å². The summed E-state index contributed by atoms with van der Waals surface area (Å²) >= 11 is 0. The third-order valence-electron chi connectivity index (χ3n) is 9.66. The van der Waals surface area contributed by atoms with Crippen LogP contribution in [0.1, 0.15) is 65.7 Å². The van der Waals surface area contributed by atoms with Crippen molar-refractivity contribution in [3.05, 3.63) is 30.3 Å². The molecular weight excluding hydrogens is 372 g/mol. The van der Waals surface area contributed by atoms with Gasteiger partial charge in [0.25, 0.3) is 0 Å². The Morgan fingerprint density at radius 2 is 1.87 bits per heavy atom. The van der Waals surface area contributed by atoms with Gasteiger partial charge >= 0.3 is 0 Å². The van der Waals surface area contributed by atoms with E-state index >= 15 is 0 Å². The van der Waals surface area contributed by atoms with Gasteiger partial charge in [0.05, 0.1) is 0 Å². The lowest BCUT2D eigenvalue weighted by atomic mass is 9.45. The molecule has 4 aliphatic rings. The van der Waals surface area contributed by atoms with Crippen molar-refractivity contribution in [2.75, 3.05) is 5.32 Å². The van der Waals surface area contributed by atoms with Gasteiger partial charge in [0.15, 0.2) is 0 Å². The molecule has 0 radical (unpaired) electrons. The monoisotopic (exact) mass is 408 g/mol. The van der Waals surface area contributed by atoms with Gasteiger partial charge in [-0.1, -0.05) is 45.4 Å². The van der Waals surface area contributed by atoms with Gasteiger partial charge in [-0.25, -0.2) is 0 Å². The molecule has 1 saturated heterocycles. The molecule has 2 N–H and O–H groups in total. The van der Waals surface area contributed by atoms with E-state index in [1.807, 2.05) is 30.3 Å². The van der Waals surface area contributed by atoms with Gasteiger partial charge in [-0.15, -0.1) is 0 Å². The van der Waals surface area contributed by atoms with E-state index in [1.54, 1.807) is 0 Å². The van der Waals surface area contributed by atoms with Crippen molar-refractivity contribution in [2.24, 2.45) is 40.4 Å². The van der Waals surface area contributed by atoms with E-state index in [1.165, 1.54) is 32.1 Å². The van der Waals surface area contributed by atoms with E-state index in [4.69, 9.17) is 0 Å². The first-order valence-electron chi connectivity index (χ1n) is 12.0. The molecule has 4 heteroatoms. The van der Waals surface area contributed by atoms with Crippen molar-refractivity contribution in [2.45, 2.75) is 71.8 Å². The quantitative estimate of drug-likeness (QED) is 0.676. The number of anilines is 1. The van der Waals surface area contributed by atoms with Crippen LogP contribution in [-0.2, 0) is 9.59 Å². The number of rotatable bonds is 2. The Balaban J connectivity index is 1.41. The maximum absolute atomic E-state index is 13.1. The molecule has 4 nitrogen and oxygen atoms in total. The summed E-state index contributed by atoms with van der Waals surface area (Å²) in [7, 11) is 0. The van der Waals surface area contributed by atoms with E-state index in [-0.39, 0.29) is 23.3 Å². The number of para-hydroxylation sites is 1. The number of carbonyl (C=O) groups is 2. The summed E-state index contributed by atoms with van der Waals surface area (Å²) in [5.41, 5.74) is 1.28.